The van der Waals surface area contributed by atoms with Gasteiger partial charge in [-0.2, -0.15) is 0 Å². The van der Waals surface area contributed by atoms with Crippen LogP contribution in [0.5, 0.6) is 11.5 Å². The second kappa shape index (κ2) is 11.2. The van der Waals surface area contributed by atoms with Gasteiger partial charge in [-0.15, -0.1) is 0 Å². The number of ether oxygens (including phenoxy) is 3. The van der Waals surface area contributed by atoms with Crippen molar-refractivity contribution in [3.8, 4) is 11.5 Å². The number of methoxy groups -OCH3 is 1. The molecular weight excluding hydrogens is 360 g/mol. The van der Waals surface area contributed by atoms with E-state index in [1.165, 1.54) is 0 Å². The van der Waals surface area contributed by atoms with E-state index in [4.69, 9.17) is 14.2 Å². The third kappa shape index (κ3) is 7.85. The predicted octanol–water partition coefficient (Wildman–Crippen LogP) is 3.18. The highest BCUT2D eigenvalue weighted by Crippen LogP contribution is 2.16. The molecule has 0 saturated heterocycles. The van der Waals surface area contributed by atoms with Crippen LogP contribution in [0.15, 0.2) is 48.5 Å². The molecule has 2 aromatic rings. The predicted molar refractivity (Wildman–Crippen MR) is 108 cm³/mol. The maximum Gasteiger partial charge on any atom is 0.319 e. The maximum absolute atomic E-state index is 11.9. The molecule has 2 rings (SSSR count). The van der Waals surface area contributed by atoms with Gasteiger partial charge in [0.2, 0.25) is 0 Å². The molecule has 2 amide bonds. The summed E-state index contributed by atoms with van der Waals surface area (Å²) in [7, 11) is 1.61. The van der Waals surface area contributed by atoms with E-state index in [9.17, 15) is 9.90 Å². The van der Waals surface area contributed by atoms with Gasteiger partial charge in [0.05, 0.1) is 32.5 Å². The average Bonchev–Trinajstić information content (AvgIpc) is 2.68. The van der Waals surface area contributed by atoms with Gasteiger partial charge in [-0.1, -0.05) is 12.1 Å². The summed E-state index contributed by atoms with van der Waals surface area (Å²) in [6, 6.07) is 14.2. The number of nitrogens with one attached hydrogen (secondary N) is 2. The van der Waals surface area contributed by atoms with Crippen molar-refractivity contribution in [1.29, 1.82) is 0 Å². The molecule has 7 nitrogen and oxygen atoms in total. The topological polar surface area (TPSA) is 89.0 Å². The number of benzene rings is 2. The van der Waals surface area contributed by atoms with Gasteiger partial charge in [-0.3, -0.25) is 0 Å². The lowest BCUT2D eigenvalue weighted by Crippen LogP contribution is -2.37. The smallest absolute Gasteiger partial charge is 0.319 e. The van der Waals surface area contributed by atoms with Crippen LogP contribution >= 0.6 is 0 Å². The minimum atomic E-state index is -0.800. The van der Waals surface area contributed by atoms with E-state index >= 15 is 0 Å². The van der Waals surface area contributed by atoms with E-state index in [0.29, 0.717) is 12.3 Å². The molecule has 7 heteroatoms. The summed E-state index contributed by atoms with van der Waals surface area (Å²) >= 11 is 0. The molecular formula is C21H28N2O5. The standard InChI is InChI=1S/C21H28N2O5/c1-15(2)28-20-10-6-17(7-11-20)23-21(25)22-12-18(24)14-27-13-16-4-8-19(26-3)9-5-16/h4-11,15,18,24H,12-14H2,1-3H3,(H2,22,23,25). The Hall–Kier alpha value is -2.77. The van der Waals surface area contributed by atoms with E-state index in [1.807, 2.05) is 38.1 Å². The Bertz CT molecular complexity index is 717. The van der Waals surface area contributed by atoms with Crippen LogP contribution < -0.4 is 20.1 Å². The van der Waals surface area contributed by atoms with E-state index in [1.54, 1.807) is 31.4 Å². The van der Waals surface area contributed by atoms with Crippen molar-refractivity contribution in [2.45, 2.75) is 32.7 Å². The fourth-order valence-corrected chi connectivity index (χ4v) is 2.37. The lowest BCUT2D eigenvalue weighted by molar-refractivity contribution is 0.0302. The molecule has 0 saturated carbocycles. The Morgan fingerprint density at radius 3 is 2.29 bits per heavy atom. The zero-order valence-corrected chi connectivity index (χ0v) is 16.5. The largest absolute Gasteiger partial charge is 0.497 e. The number of anilines is 1. The highest BCUT2D eigenvalue weighted by atomic mass is 16.5. The zero-order valence-electron chi connectivity index (χ0n) is 16.5. The van der Waals surface area contributed by atoms with Crippen molar-refractivity contribution in [1.82, 2.24) is 5.32 Å². The van der Waals surface area contributed by atoms with E-state index in [2.05, 4.69) is 10.6 Å². The summed E-state index contributed by atoms with van der Waals surface area (Å²) in [5.41, 5.74) is 1.61. The number of rotatable bonds is 10. The van der Waals surface area contributed by atoms with Crippen LogP contribution in [0.4, 0.5) is 10.5 Å². The first-order chi connectivity index (χ1) is 13.5. The maximum atomic E-state index is 11.9. The highest BCUT2D eigenvalue weighted by molar-refractivity contribution is 5.89. The van der Waals surface area contributed by atoms with Gasteiger partial charge in [0.1, 0.15) is 11.5 Å². The molecule has 1 unspecified atom stereocenters. The molecule has 1 atom stereocenters. The Balaban J connectivity index is 1.64. The summed E-state index contributed by atoms with van der Waals surface area (Å²) in [6.07, 6.45) is -0.707. The van der Waals surface area contributed by atoms with Gasteiger partial charge in [-0.05, 0) is 55.8 Å². The number of hydrogen-bond donors (Lipinski definition) is 3. The Morgan fingerprint density at radius 2 is 1.68 bits per heavy atom. The molecule has 2 aromatic carbocycles. The van der Waals surface area contributed by atoms with Crippen molar-refractivity contribution >= 4 is 11.7 Å². The fourth-order valence-electron chi connectivity index (χ4n) is 2.37. The number of hydrogen-bond acceptors (Lipinski definition) is 5. The molecule has 0 radical (unpaired) electrons. The number of urea groups is 1. The van der Waals surface area contributed by atoms with Crippen LogP contribution in [0.3, 0.4) is 0 Å². The van der Waals surface area contributed by atoms with Crippen LogP contribution in [0.1, 0.15) is 19.4 Å². The Labute approximate surface area is 165 Å². The highest BCUT2D eigenvalue weighted by Gasteiger charge is 2.08. The van der Waals surface area contributed by atoms with Gasteiger partial charge in [0.25, 0.3) is 0 Å². The van der Waals surface area contributed by atoms with Crippen molar-refractivity contribution in [3.05, 3.63) is 54.1 Å². The summed E-state index contributed by atoms with van der Waals surface area (Å²) < 4.78 is 16.1. The molecule has 0 fully saturated rings. The first-order valence-electron chi connectivity index (χ1n) is 9.16. The lowest BCUT2D eigenvalue weighted by Gasteiger charge is -2.14. The first kappa shape index (κ1) is 21.5. The summed E-state index contributed by atoms with van der Waals surface area (Å²) in [4.78, 5) is 11.9. The number of aliphatic hydroxyl groups excluding tert-OH is 1. The summed E-state index contributed by atoms with van der Waals surface area (Å²) in [6.45, 7) is 4.48. The van der Waals surface area contributed by atoms with E-state index in [0.717, 1.165) is 17.1 Å². The van der Waals surface area contributed by atoms with Crippen LogP contribution in [0.2, 0.25) is 0 Å². The number of carbonyl (C=O) groups is 1. The molecule has 0 spiro atoms. The van der Waals surface area contributed by atoms with Crippen LogP contribution in [0.25, 0.3) is 0 Å². The molecule has 28 heavy (non-hydrogen) atoms. The van der Waals surface area contributed by atoms with Gasteiger partial charge < -0.3 is 30.0 Å². The van der Waals surface area contributed by atoms with Crippen LogP contribution in [-0.4, -0.2) is 43.6 Å². The summed E-state index contributed by atoms with van der Waals surface area (Å²) in [5, 5.41) is 15.3. The van der Waals surface area contributed by atoms with Crippen molar-refractivity contribution in [3.63, 3.8) is 0 Å². The average molecular weight is 388 g/mol. The van der Waals surface area contributed by atoms with Crippen molar-refractivity contribution in [2.24, 2.45) is 0 Å². The molecule has 3 N–H and O–H groups in total. The number of aliphatic hydroxyl groups is 1. The molecule has 0 aromatic heterocycles. The zero-order chi connectivity index (χ0) is 20.4. The Kier molecular flexibility index (Phi) is 8.58. The summed E-state index contributed by atoms with van der Waals surface area (Å²) in [5.74, 6) is 1.52. The number of amides is 2. The Morgan fingerprint density at radius 1 is 1.04 bits per heavy atom. The first-order valence-corrected chi connectivity index (χ1v) is 9.16. The molecule has 0 aliphatic heterocycles. The molecule has 152 valence electrons. The molecule has 0 aliphatic carbocycles. The van der Waals surface area contributed by atoms with Gasteiger partial charge in [-0.25, -0.2) is 4.79 Å². The molecule has 0 aliphatic rings. The molecule has 0 bridgehead atoms. The third-order valence-corrected chi connectivity index (χ3v) is 3.72. The lowest BCUT2D eigenvalue weighted by atomic mass is 10.2. The van der Waals surface area contributed by atoms with Gasteiger partial charge in [0, 0.05) is 12.2 Å². The second-order valence-corrected chi connectivity index (χ2v) is 6.54. The SMILES string of the molecule is COc1ccc(COCC(O)CNC(=O)Nc2ccc(OC(C)C)cc2)cc1. The second-order valence-electron chi connectivity index (χ2n) is 6.54. The van der Waals surface area contributed by atoms with E-state index in [-0.39, 0.29) is 19.3 Å². The van der Waals surface area contributed by atoms with Gasteiger partial charge >= 0.3 is 6.03 Å². The minimum absolute atomic E-state index is 0.0863. The van der Waals surface area contributed by atoms with Gasteiger partial charge in [0.15, 0.2) is 0 Å². The fraction of sp³-hybridized carbons (Fsp3) is 0.381. The monoisotopic (exact) mass is 388 g/mol. The minimum Gasteiger partial charge on any atom is -0.497 e. The van der Waals surface area contributed by atoms with Crippen molar-refractivity contribution < 1.29 is 24.1 Å². The van der Waals surface area contributed by atoms with Crippen molar-refractivity contribution in [2.75, 3.05) is 25.6 Å². The third-order valence-electron chi connectivity index (χ3n) is 3.72. The van der Waals surface area contributed by atoms with Crippen LogP contribution in [-0.2, 0) is 11.3 Å². The van der Waals surface area contributed by atoms with E-state index < -0.39 is 12.1 Å². The normalized spacial score (nSPS) is 11.8. The quantitative estimate of drug-likeness (QED) is 0.582. The number of carbonyl (C=O) groups excluding carboxylic acids is 1. The molecule has 0 heterocycles. The van der Waals surface area contributed by atoms with Crippen LogP contribution in [0, 0.1) is 0 Å².